The van der Waals surface area contributed by atoms with Crippen LogP contribution in [0.2, 0.25) is 0 Å². The van der Waals surface area contributed by atoms with E-state index in [1.165, 1.54) is 4.70 Å². The van der Waals surface area contributed by atoms with E-state index in [-0.39, 0.29) is 5.91 Å². The summed E-state index contributed by atoms with van der Waals surface area (Å²) < 4.78 is 1.22. The van der Waals surface area contributed by atoms with Gasteiger partial charge in [0.25, 0.3) is 5.91 Å². The van der Waals surface area contributed by atoms with Gasteiger partial charge in [-0.15, -0.1) is 11.3 Å². The van der Waals surface area contributed by atoms with Gasteiger partial charge in [-0.2, -0.15) is 0 Å². The Labute approximate surface area is 125 Å². The van der Waals surface area contributed by atoms with E-state index in [0.717, 1.165) is 22.0 Å². The summed E-state index contributed by atoms with van der Waals surface area (Å²) in [6.07, 6.45) is 1.75. The zero-order valence-corrected chi connectivity index (χ0v) is 11.9. The van der Waals surface area contributed by atoms with Gasteiger partial charge in [0.15, 0.2) is 0 Å². The van der Waals surface area contributed by atoms with E-state index in [0.29, 0.717) is 5.56 Å². The molecular weight excluding hydrogens is 280 g/mol. The highest BCUT2D eigenvalue weighted by molar-refractivity contribution is 7.17. The molecular formula is C17H12N2OS. The molecule has 21 heavy (non-hydrogen) atoms. The van der Waals surface area contributed by atoms with Gasteiger partial charge in [-0.05, 0) is 41.1 Å². The number of thiophene rings is 1. The summed E-state index contributed by atoms with van der Waals surface area (Å²) in [7, 11) is 0. The third-order valence-electron chi connectivity index (χ3n) is 3.54. The fourth-order valence-electron chi connectivity index (χ4n) is 2.50. The molecule has 0 fully saturated rings. The minimum Gasteiger partial charge on any atom is -0.360 e. The van der Waals surface area contributed by atoms with Gasteiger partial charge in [-0.25, -0.2) is 0 Å². The monoisotopic (exact) mass is 292 g/mol. The number of H-pyrrole nitrogens is 1. The molecule has 2 aromatic heterocycles. The number of carbonyl (C=O) groups excluding carboxylic acids is 1. The lowest BCUT2D eigenvalue weighted by molar-refractivity contribution is 0.102. The van der Waals surface area contributed by atoms with Gasteiger partial charge in [-0.3, -0.25) is 4.79 Å². The number of rotatable bonds is 2. The molecule has 0 radical (unpaired) electrons. The van der Waals surface area contributed by atoms with Crippen molar-refractivity contribution in [3.8, 4) is 0 Å². The molecule has 0 aliphatic heterocycles. The first-order chi connectivity index (χ1) is 10.3. The van der Waals surface area contributed by atoms with Crippen molar-refractivity contribution in [2.75, 3.05) is 5.32 Å². The number of amides is 1. The summed E-state index contributed by atoms with van der Waals surface area (Å²) in [5, 5.41) is 7.10. The molecule has 0 saturated carbocycles. The Morgan fingerprint density at radius 1 is 1.10 bits per heavy atom. The molecule has 4 rings (SSSR count). The molecule has 0 aliphatic carbocycles. The molecule has 0 atom stereocenters. The SMILES string of the molecule is O=C(Nc1ccc2sccc2c1)c1c[nH]c2ccccc12. The number of aromatic nitrogens is 1. The van der Waals surface area contributed by atoms with Crippen LogP contribution in [0.3, 0.4) is 0 Å². The van der Waals surface area contributed by atoms with Crippen LogP contribution >= 0.6 is 11.3 Å². The lowest BCUT2D eigenvalue weighted by atomic mass is 10.1. The van der Waals surface area contributed by atoms with Crippen LogP contribution < -0.4 is 5.32 Å². The second-order valence-corrected chi connectivity index (χ2v) is 5.82. The second kappa shape index (κ2) is 4.75. The van der Waals surface area contributed by atoms with Crippen LogP contribution in [0.4, 0.5) is 5.69 Å². The number of hydrogen-bond acceptors (Lipinski definition) is 2. The van der Waals surface area contributed by atoms with Crippen molar-refractivity contribution >= 4 is 43.9 Å². The summed E-state index contributed by atoms with van der Waals surface area (Å²) in [4.78, 5) is 15.6. The molecule has 0 aliphatic rings. The Balaban J connectivity index is 1.68. The van der Waals surface area contributed by atoms with Crippen molar-refractivity contribution in [2.45, 2.75) is 0 Å². The number of anilines is 1. The second-order valence-electron chi connectivity index (χ2n) is 4.88. The average Bonchev–Trinajstić information content (AvgIpc) is 3.13. The van der Waals surface area contributed by atoms with Crippen LogP contribution in [0.15, 0.2) is 60.1 Å². The quantitative estimate of drug-likeness (QED) is 0.555. The van der Waals surface area contributed by atoms with Crippen LogP contribution in [0.25, 0.3) is 21.0 Å². The summed E-state index contributed by atoms with van der Waals surface area (Å²) in [5.41, 5.74) is 2.45. The summed E-state index contributed by atoms with van der Waals surface area (Å²) in [6.45, 7) is 0. The van der Waals surface area contributed by atoms with Crippen molar-refractivity contribution < 1.29 is 4.79 Å². The summed E-state index contributed by atoms with van der Waals surface area (Å²) >= 11 is 1.70. The van der Waals surface area contributed by atoms with Crippen molar-refractivity contribution in [2.24, 2.45) is 0 Å². The number of para-hydroxylation sites is 1. The third kappa shape index (κ3) is 2.10. The number of aromatic amines is 1. The van der Waals surface area contributed by atoms with Crippen LogP contribution in [0.5, 0.6) is 0 Å². The number of hydrogen-bond donors (Lipinski definition) is 2. The van der Waals surface area contributed by atoms with Gasteiger partial charge < -0.3 is 10.3 Å². The zero-order chi connectivity index (χ0) is 14.2. The van der Waals surface area contributed by atoms with Gasteiger partial charge in [-0.1, -0.05) is 18.2 Å². The number of carbonyl (C=O) groups is 1. The van der Waals surface area contributed by atoms with Gasteiger partial charge >= 0.3 is 0 Å². The average molecular weight is 292 g/mol. The first-order valence-corrected chi connectivity index (χ1v) is 7.54. The number of benzene rings is 2. The van der Waals surface area contributed by atoms with Crippen LogP contribution in [0, 0.1) is 0 Å². The molecule has 2 aromatic carbocycles. The van der Waals surface area contributed by atoms with Gasteiger partial charge in [0, 0.05) is 27.5 Å². The molecule has 1 amide bonds. The van der Waals surface area contributed by atoms with Crippen molar-refractivity contribution in [3.05, 3.63) is 65.7 Å². The smallest absolute Gasteiger partial charge is 0.257 e. The molecule has 0 unspecified atom stereocenters. The number of nitrogens with one attached hydrogen (secondary N) is 2. The van der Waals surface area contributed by atoms with E-state index in [4.69, 9.17) is 0 Å². The maximum absolute atomic E-state index is 12.4. The topological polar surface area (TPSA) is 44.9 Å². The van der Waals surface area contributed by atoms with E-state index >= 15 is 0 Å². The van der Waals surface area contributed by atoms with E-state index < -0.39 is 0 Å². The van der Waals surface area contributed by atoms with Gasteiger partial charge in [0.2, 0.25) is 0 Å². The predicted octanol–water partition coefficient (Wildman–Crippen LogP) is 4.63. The van der Waals surface area contributed by atoms with E-state index in [2.05, 4.69) is 21.7 Å². The van der Waals surface area contributed by atoms with Crippen molar-refractivity contribution in [1.82, 2.24) is 4.98 Å². The van der Waals surface area contributed by atoms with Crippen LogP contribution in [-0.4, -0.2) is 10.9 Å². The van der Waals surface area contributed by atoms with E-state index in [9.17, 15) is 4.79 Å². The molecule has 102 valence electrons. The van der Waals surface area contributed by atoms with Crippen molar-refractivity contribution in [1.29, 1.82) is 0 Å². The lowest BCUT2D eigenvalue weighted by Gasteiger charge is -2.04. The van der Waals surface area contributed by atoms with E-state index in [1.54, 1.807) is 17.5 Å². The maximum atomic E-state index is 12.4. The minimum atomic E-state index is -0.0953. The first kappa shape index (κ1) is 12.2. The number of fused-ring (bicyclic) bond motifs is 2. The fourth-order valence-corrected chi connectivity index (χ4v) is 3.27. The first-order valence-electron chi connectivity index (χ1n) is 6.66. The predicted molar refractivity (Wildman–Crippen MR) is 88.1 cm³/mol. The molecule has 3 nitrogen and oxygen atoms in total. The zero-order valence-electron chi connectivity index (χ0n) is 11.1. The summed E-state index contributed by atoms with van der Waals surface area (Å²) in [6, 6.07) is 15.8. The van der Waals surface area contributed by atoms with Crippen molar-refractivity contribution in [3.63, 3.8) is 0 Å². The van der Waals surface area contributed by atoms with Crippen LogP contribution in [-0.2, 0) is 0 Å². The Bertz CT molecular complexity index is 951. The lowest BCUT2D eigenvalue weighted by Crippen LogP contribution is -2.11. The largest absolute Gasteiger partial charge is 0.360 e. The van der Waals surface area contributed by atoms with Gasteiger partial charge in [0.05, 0.1) is 5.56 Å². The molecule has 0 bridgehead atoms. The molecule has 0 saturated heterocycles. The molecule has 4 aromatic rings. The molecule has 4 heteroatoms. The normalized spacial score (nSPS) is 11.0. The Hall–Kier alpha value is -2.59. The highest BCUT2D eigenvalue weighted by Gasteiger charge is 2.12. The fraction of sp³-hybridized carbons (Fsp3) is 0. The standard InChI is InChI=1S/C17H12N2OS/c20-17(14-10-18-15-4-2-1-3-13(14)15)19-12-5-6-16-11(9-12)7-8-21-16/h1-10,18H,(H,19,20). The Morgan fingerprint density at radius 2 is 2.00 bits per heavy atom. The molecule has 0 spiro atoms. The highest BCUT2D eigenvalue weighted by Crippen LogP contribution is 2.25. The maximum Gasteiger partial charge on any atom is 0.257 e. The molecule has 2 N–H and O–H groups in total. The Kier molecular flexibility index (Phi) is 2.75. The third-order valence-corrected chi connectivity index (χ3v) is 4.44. The van der Waals surface area contributed by atoms with Crippen LogP contribution in [0.1, 0.15) is 10.4 Å². The summed E-state index contributed by atoms with van der Waals surface area (Å²) in [5.74, 6) is -0.0953. The van der Waals surface area contributed by atoms with Gasteiger partial charge in [0.1, 0.15) is 0 Å². The molecule has 2 heterocycles. The highest BCUT2D eigenvalue weighted by atomic mass is 32.1. The Morgan fingerprint density at radius 3 is 2.95 bits per heavy atom. The van der Waals surface area contributed by atoms with E-state index in [1.807, 2.05) is 42.5 Å². The minimum absolute atomic E-state index is 0.0953.